The van der Waals surface area contributed by atoms with Crippen molar-refractivity contribution in [2.24, 2.45) is 11.8 Å². The molecule has 0 bridgehead atoms. The molecule has 1 radical (unpaired) electrons. The molecule has 6 aromatic rings. The number of ketones is 1. The Morgan fingerprint density at radius 3 is 2.09 bits per heavy atom. The number of thiazole rings is 1. The van der Waals surface area contributed by atoms with Crippen LogP contribution in [-0.4, -0.2) is 25.4 Å². The van der Waals surface area contributed by atoms with Crippen LogP contribution in [0.4, 0.5) is 0 Å². The fraction of sp³-hybridized carbons (Fsp3) is 0.256. The molecule has 0 fully saturated rings. The number of aliphatic hydroxyl groups is 1. The minimum Gasteiger partial charge on any atom is -0.512 e. The Morgan fingerprint density at radius 1 is 0.826 bits per heavy atom. The summed E-state index contributed by atoms with van der Waals surface area (Å²) in [4.78, 5) is 22.7. The second kappa shape index (κ2) is 16.6. The number of hydrogen-bond acceptors (Lipinski definition) is 5. The van der Waals surface area contributed by atoms with Gasteiger partial charge >= 0.3 is 0 Å². The number of carbonyl (C=O) groups excluding carboxylic acids is 1. The molecule has 46 heavy (non-hydrogen) atoms. The molecular weight excluding hydrogens is 767 g/mol. The van der Waals surface area contributed by atoms with Crippen LogP contribution in [0.2, 0.25) is 0 Å². The summed E-state index contributed by atoms with van der Waals surface area (Å²) >= 11 is 1.62. The largest absolute Gasteiger partial charge is 0.512 e. The standard InChI is InChI=1S/C26H16N3S.C13H24O2.Ir/c1-3-11-19(12-4-1)25-28-24-26(30-25)27-23(29(24)20-14-5-2-6-15-20)22-17-9-13-18-10-7-8-16-21(18)22;1-5-10(6-2)12(14)9-13(15)11(7-3)8-4;/h1-16H;9-11,14H,5-8H2,1-4H3;/q-1;;/b;12-9-;. The summed E-state index contributed by atoms with van der Waals surface area (Å²) in [6.45, 7) is 8.07. The first-order valence-electron chi connectivity index (χ1n) is 15.8. The van der Waals surface area contributed by atoms with E-state index >= 15 is 0 Å². The van der Waals surface area contributed by atoms with Gasteiger partial charge in [0.1, 0.15) is 5.01 Å². The van der Waals surface area contributed by atoms with Crippen LogP contribution >= 0.6 is 11.3 Å². The minimum atomic E-state index is 0. The third kappa shape index (κ3) is 7.72. The predicted octanol–water partition coefficient (Wildman–Crippen LogP) is 10.6. The minimum absolute atomic E-state index is 0. The van der Waals surface area contributed by atoms with Crippen LogP contribution in [0.1, 0.15) is 53.4 Å². The molecular formula is C39H40IrN3O2S-. The molecule has 6 rings (SSSR count). The fourth-order valence-electron chi connectivity index (χ4n) is 5.59. The van der Waals surface area contributed by atoms with Crippen LogP contribution in [0.5, 0.6) is 0 Å². The number of imidazole rings is 1. The van der Waals surface area contributed by atoms with Gasteiger partial charge in [-0.15, -0.1) is 29.1 Å². The number of carbonyl (C=O) groups is 1. The molecule has 7 heteroatoms. The number of aliphatic hydroxyl groups excluding tert-OH is 1. The second-order valence-electron chi connectivity index (χ2n) is 11.1. The zero-order valence-electron chi connectivity index (χ0n) is 26.7. The van der Waals surface area contributed by atoms with Crippen molar-refractivity contribution in [2.45, 2.75) is 53.4 Å². The third-order valence-corrected chi connectivity index (χ3v) is 9.27. The number of para-hydroxylation sites is 1. The Morgan fingerprint density at radius 2 is 1.43 bits per heavy atom. The molecule has 1 N–H and O–H groups in total. The van der Waals surface area contributed by atoms with Crippen molar-refractivity contribution in [3.8, 4) is 27.6 Å². The molecule has 0 aliphatic heterocycles. The molecule has 2 heterocycles. The molecule has 2 aromatic heterocycles. The van der Waals surface area contributed by atoms with E-state index in [1.165, 1.54) is 11.5 Å². The van der Waals surface area contributed by atoms with Crippen molar-refractivity contribution in [1.29, 1.82) is 0 Å². The average molecular weight is 807 g/mol. The molecule has 0 unspecified atom stereocenters. The first kappa shape index (κ1) is 35.0. The van der Waals surface area contributed by atoms with Crippen LogP contribution in [0.3, 0.4) is 0 Å². The summed E-state index contributed by atoms with van der Waals surface area (Å²) < 4.78 is 2.15. The van der Waals surface area contributed by atoms with E-state index in [0.717, 1.165) is 69.2 Å². The van der Waals surface area contributed by atoms with Crippen LogP contribution in [0.25, 0.3) is 48.9 Å². The Bertz CT molecular complexity index is 1880. The Kier molecular flexibility index (Phi) is 12.6. The van der Waals surface area contributed by atoms with Crippen molar-refractivity contribution < 1.29 is 30.0 Å². The quantitative estimate of drug-likeness (QED) is 0.0851. The van der Waals surface area contributed by atoms with Gasteiger partial charge in [0, 0.05) is 49.3 Å². The van der Waals surface area contributed by atoms with Crippen molar-refractivity contribution in [1.82, 2.24) is 14.5 Å². The fourth-order valence-corrected chi connectivity index (χ4v) is 6.52. The normalized spacial score (nSPS) is 11.5. The number of nitrogens with zero attached hydrogens (tertiary/aromatic N) is 3. The summed E-state index contributed by atoms with van der Waals surface area (Å²) in [5.74, 6) is 1.41. The topological polar surface area (TPSA) is 68.0 Å². The van der Waals surface area contributed by atoms with Gasteiger partial charge in [-0.3, -0.25) is 9.78 Å². The summed E-state index contributed by atoms with van der Waals surface area (Å²) in [6, 6.07) is 36.4. The monoisotopic (exact) mass is 807 g/mol. The van der Waals surface area contributed by atoms with Crippen LogP contribution in [-0.2, 0) is 24.9 Å². The van der Waals surface area contributed by atoms with E-state index in [-0.39, 0.29) is 43.5 Å². The second-order valence-corrected chi connectivity index (χ2v) is 12.0. The van der Waals surface area contributed by atoms with Gasteiger partial charge in [0.05, 0.1) is 11.6 Å². The molecule has 0 aliphatic carbocycles. The molecule has 4 aromatic carbocycles. The van der Waals surface area contributed by atoms with E-state index in [1.807, 2.05) is 70.2 Å². The molecule has 0 amide bonds. The maximum atomic E-state index is 11.7. The maximum absolute atomic E-state index is 11.7. The molecule has 5 nitrogen and oxygen atoms in total. The molecule has 0 saturated heterocycles. The average Bonchev–Trinajstić information content (AvgIpc) is 3.65. The van der Waals surface area contributed by atoms with E-state index in [1.54, 1.807) is 11.3 Å². The van der Waals surface area contributed by atoms with Gasteiger partial charge in [-0.2, -0.15) is 0 Å². The van der Waals surface area contributed by atoms with E-state index in [0.29, 0.717) is 0 Å². The molecule has 239 valence electrons. The van der Waals surface area contributed by atoms with Crippen LogP contribution < -0.4 is 0 Å². The van der Waals surface area contributed by atoms with Crippen LogP contribution in [0.15, 0.2) is 109 Å². The smallest absolute Gasteiger partial charge is 0.167 e. The predicted molar refractivity (Wildman–Crippen MR) is 188 cm³/mol. The van der Waals surface area contributed by atoms with Crippen molar-refractivity contribution in [3.05, 3.63) is 115 Å². The first-order chi connectivity index (χ1) is 22.0. The van der Waals surface area contributed by atoms with E-state index in [9.17, 15) is 9.90 Å². The number of fused-ring (bicyclic) bond motifs is 2. The SMILES string of the molecule is CCC(CC)C(=O)/C=C(\O)C(CC)CC.[Ir].[c-]1ccc2ccccc2c1-c1nc2sc(-c3ccccc3)nc2n1-c1ccccc1. The summed E-state index contributed by atoms with van der Waals surface area (Å²) in [5, 5.41) is 13.1. The van der Waals surface area contributed by atoms with Gasteiger partial charge in [0.25, 0.3) is 0 Å². The van der Waals surface area contributed by atoms with Gasteiger partial charge < -0.3 is 9.67 Å². The van der Waals surface area contributed by atoms with Crippen molar-refractivity contribution in [2.75, 3.05) is 0 Å². The first-order valence-corrected chi connectivity index (χ1v) is 16.6. The maximum Gasteiger partial charge on any atom is 0.167 e. The summed E-state index contributed by atoms with van der Waals surface area (Å²) in [5.41, 5.74) is 4.02. The zero-order chi connectivity index (χ0) is 31.8. The molecule has 0 saturated carbocycles. The number of hydrogen-bond donors (Lipinski definition) is 1. The number of aromatic nitrogens is 3. The number of rotatable bonds is 10. The Labute approximate surface area is 289 Å². The third-order valence-electron chi connectivity index (χ3n) is 8.28. The van der Waals surface area contributed by atoms with Crippen molar-refractivity contribution >= 4 is 38.4 Å². The van der Waals surface area contributed by atoms with E-state index in [2.05, 4.69) is 65.2 Å². The van der Waals surface area contributed by atoms with Gasteiger partial charge in [-0.1, -0.05) is 117 Å². The van der Waals surface area contributed by atoms with Crippen LogP contribution in [0, 0.1) is 17.9 Å². The Balaban J connectivity index is 0.000000259. The van der Waals surface area contributed by atoms with Gasteiger partial charge in [-0.25, -0.2) is 4.98 Å². The number of benzene rings is 4. The Hall–Kier alpha value is -3.90. The van der Waals surface area contributed by atoms with Gasteiger partial charge in [-0.05, 0) is 37.8 Å². The van der Waals surface area contributed by atoms with Gasteiger partial charge in [0.2, 0.25) is 0 Å². The zero-order valence-corrected chi connectivity index (χ0v) is 29.9. The molecule has 0 atom stereocenters. The molecule has 0 aliphatic rings. The summed E-state index contributed by atoms with van der Waals surface area (Å²) in [7, 11) is 0. The van der Waals surface area contributed by atoms with E-state index in [4.69, 9.17) is 9.97 Å². The van der Waals surface area contributed by atoms with Crippen molar-refractivity contribution in [3.63, 3.8) is 0 Å². The van der Waals surface area contributed by atoms with Gasteiger partial charge in [0.15, 0.2) is 16.3 Å². The molecule has 0 spiro atoms. The van der Waals surface area contributed by atoms with E-state index < -0.39 is 0 Å². The summed E-state index contributed by atoms with van der Waals surface area (Å²) in [6.07, 6.45) is 4.91. The number of allylic oxidation sites excluding steroid dienone is 2.